The summed E-state index contributed by atoms with van der Waals surface area (Å²) in [6, 6.07) is 6.19. The molecule has 0 aliphatic carbocycles. The van der Waals surface area contributed by atoms with Gasteiger partial charge in [0.05, 0.1) is 19.6 Å². The normalized spacial score (nSPS) is 18.4. The van der Waals surface area contributed by atoms with Gasteiger partial charge in [-0.05, 0) is 31.4 Å². The first-order valence-electron chi connectivity index (χ1n) is 9.79. The van der Waals surface area contributed by atoms with Gasteiger partial charge in [0, 0.05) is 39.3 Å². The molecule has 148 valence electrons. The molecule has 2 aliphatic rings. The lowest BCUT2D eigenvalue weighted by Gasteiger charge is -2.36. The molecule has 0 atom stereocenters. The van der Waals surface area contributed by atoms with E-state index in [1.165, 1.54) is 12.5 Å². The fourth-order valence-electron chi connectivity index (χ4n) is 3.56. The van der Waals surface area contributed by atoms with Crippen LogP contribution in [0.15, 0.2) is 24.3 Å². The molecule has 6 nitrogen and oxygen atoms in total. The highest BCUT2D eigenvalue weighted by atomic mass is 19.1. The van der Waals surface area contributed by atoms with Crippen LogP contribution in [0, 0.1) is 5.82 Å². The summed E-state index contributed by atoms with van der Waals surface area (Å²) in [4.78, 5) is 30.5. The standard InChI is InChI=1S/C20H28FN3O3/c21-17-6-2-3-7-18(17)27-15-8-19(25)24-13-11-22(12-14-24)16-20(26)23-9-4-1-5-10-23/h2-3,6-7H,1,4-5,8-16H2. The molecule has 0 radical (unpaired) electrons. The minimum atomic E-state index is -0.420. The SMILES string of the molecule is O=C(CCOc1ccccc1F)N1CCN(CC(=O)N2CCCCC2)CC1. The number of benzene rings is 1. The van der Waals surface area contributed by atoms with Crippen LogP contribution in [0.2, 0.25) is 0 Å². The topological polar surface area (TPSA) is 53.1 Å². The average molecular weight is 377 g/mol. The zero-order valence-electron chi connectivity index (χ0n) is 15.7. The van der Waals surface area contributed by atoms with E-state index in [2.05, 4.69) is 4.90 Å². The number of carbonyl (C=O) groups excluding carboxylic acids is 2. The molecule has 1 aromatic carbocycles. The highest BCUT2D eigenvalue weighted by Gasteiger charge is 2.24. The fraction of sp³-hybridized carbons (Fsp3) is 0.600. The lowest BCUT2D eigenvalue weighted by atomic mass is 10.1. The molecule has 27 heavy (non-hydrogen) atoms. The third-order valence-electron chi connectivity index (χ3n) is 5.20. The van der Waals surface area contributed by atoms with Gasteiger partial charge in [-0.1, -0.05) is 12.1 Å². The predicted molar refractivity (Wildman–Crippen MR) is 100.0 cm³/mol. The quantitative estimate of drug-likeness (QED) is 0.758. The van der Waals surface area contributed by atoms with Crippen molar-refractivity contribution in [3.8, 4) is 5.75 Å². The number of hydrogen-bond donors (Lipinski definition) is 0. The van der Waals surface area contributed by atoms with E-state index in [1.54, 1.807) is 23.1 Å². The first-order chi connectivity index (χ1) is 13.1. The molecule has 2 heterocycles. The number of rotatable bonds is 6. The van der Waals surface area contributed by atoms with Crippen LogP contribution in [-0.4, -0.2) is 78.9 Å². The molecule has 2 saturated heterocycles. The fourth-order valence-corrected chi connectivity index (χ4v) is 3.56. The van der Waals surface area contributed by atoms with Crippen LogP contribution in [0.4, 0.5) is 4.39 Å². The van der Waals surface area contributed by atoms with Gasteiger partial charge in [-0.2, -0.15) is 0 Å². The molecule has 2 amide bonds. The number of piperazine rings is 1. The minimum Gasteiger partial charge on any atom is -0.490 e. The second-order valence-electron chi connectivity index (χ2n) is 7.13. The highest BCUT2D eigenvalue weighted by molar-refractivity contribution is 5.78. The molecular weight excluding hydrogens is 349 g/mol. The third kappa shape index (κ3) is 5.66. The number of para-hydroxylation sites is 1. The van der Waals surface area contributed by atoms with Crippen molar-refractivity contribution in [3.05, 3.63) is 30.1 Å². The first kappa shape index (κ1) is 19.6. The Kier molecular flexibility index (Phi) is 7.04. The maximum atomic E-state index is 13.5. The van der Waals surface area contributed by atoms with Gasteiger partial charge in [-0.15, -0.1) is 0 Å². The second-order valence-corrected chi connectivity index (χ2v) is 7.13. The van der Waals surface area contributed by atoms with Crippen LogP contribution in [0.3, 0.4) is 0 Å². The van der Waals surface area contributed by atoms with Crippen molar-refractivity contribution in [1.29, 1.82) is 0 Å². The van der Waals surface area contributed by atoms with Gasteiger partial charge in [0.15, 0.2) is 11.6 Å². The predicted octanol–water partition coefficient (Wildman–Crippen LogP) is 1.75. The van der Waals surface area contributed by atoms with Crippen molar-refractivity contribution >= 4 is 11.8 Å². The number of amides is 2. The van der Waals surface area contributed by atoms with Gasteiger partial charge >= 0.3 is 0 Å². The second kappa shape index (κ2) is 9.69. The molecule has 1 aromatic rings. The molecule has 0 unspecified atom stereocenters. The van der Waals surface area contributed by atoms with E-state index in [0.717, 1.165) is 25.9 Å². The summed E-state index contributed by atoms with van der Waals surface area (Å²) in [7, 11) is 0. The van der Waals surface area contributed by atoms with E-state index in [-0.39, 0.29) is 30.6 Å². The van der Waals surface area contributed by atoms with Crippen molar-refractivity contribution in [2.45, 2.75) is 25.7 Å². The molecule has 0 saturated carbocycles. The Morgan fingerprint density at radius 1 is 0.889 bits per heavy atom. The number of nitrogens with zero attached hydrogens (tertiary/aromatic N) is 3. The Balaban J connectivity index is 1.35. The molecule has 0 spiro atoms. The van der Waals surface area contributed by atoms with E-state index >= 15 is 0 Å². The maximum absolute atomic E-state index is 13.5. The summed E-state index contributed by atoms with van der Waals surface area (Å²) in [5.74, 6) is -0.0376. The van der Waals surface area contributed by atoms with Gasteiger partial charge in [-0.3, -0.25) is 14.5 Å². The van der Waals surface area contributed by atoms with Crippen LogP contribution in [0.25, 0.3) is 0 Å². The monoisotopic (exact) mass is 377 g/mol. The number of halogens is 1. The van der Waals surface area contributed by atoms with E-state index in [4.69, 9.17) is 4.74 Å². The molecule has 2 fully saturated rings. The molecule has 0 bridgehead atoms. The molecule has 7 heteroatoms. The van der Waals surface area contributed by atoms with E-state index in [0.29, 0.717) is 32.7 Å². The van der Waals surface area contributed by atoms with Gasteiger partial charge in [0.1, 0.15) is 0 Å². The zero-order chi connectivity index (χ0) is 19.1. The Morgan fingerprint density at radius 2 is 1.56 bits per heavy atom. The lowest BCUT2D eigenvalue weighted by Crippen LogP contribution is -2.52. The smallest absolute Gasteiger partial charge is 0.236 e. The molecule has 0 aromatic heterocycles. The van der Waals surface area contributed by atoms with Crippen molar-refractivity contribution in [1.82, 2.24) is 14.7 Å². The number of carbonyl (C=O) groups is 2. The van der Waals surface area contributed by atoms with E-state index < -0.39 is 5.82 Å². The molecule has 2 aliphatic heterocycles. The Morgan fingerprint density at radius 3 is 2.26 bits per heavy atom. The van der Waals surface area contributed by atoms with Crippen LogP contribution in [0.5, 0.6) is 5.75 Å². The van der Waals surface area contributed by atoms with Crippen molar-refractivity contribution in [3.63, 3.8) is 0 Å². The maximum Gasteiger partial charge on any atom is 0.236 e. The number of piperidine rings is 1. The highest BCUT2D eigenvalue weighted by Crippen LogP contribution is 2.16. The summed E-state index contributed by atoms with van der Waals surface area (Å²) in [5.41, 5.74) is 0. The summed E-state index contributed by atoms with van der Waals surface area (Å²) in [6.07, 6.45) is 3.64. The van der Waals surface area contributed by atoms with Gasteiger partial charge in [0.2, 0.25) is 11.8 Å². The van der Waals surface area contributed by atoms with Crippen molar-refractivity contribution in [2.24, 2.45) is 0 Å². The lowest BCUT2D eigenvalue weighted by molar-refractivity contribution is -0.135. The largest absolute Gasteiger partial charge is 0.490 e. The zero-order valence-corrected chi connectivity index (χ0v) is 15.7. The number of hydrogen-bond acceptors (Lipinski definition) is 4. The van der Waals surface area contributed by atoms with Crippen LogP contribution >= 0.6 is 0 Å². The van der Waals surface area contributed by atoms with E-state index in [1.807, 2.05) is 4.90 Å². The summed E-state index contributed by atoms with van der Waals surface area (Å²) in [5, 5.41) is 0. The third-order valence-corrected chi connectivity index (χ3v) is 5.20. The van der Waals surface area contributed by atoms with Gasteiger partial charge in [0.25, 0.3) is 0 Å². The number of likely N-dealkylation sites (tertiary alicyclic amines) is 1. The van der Waals surface area contributed by atoms with E-state index in [9.17, 15) is 14.0 Å². The van der Waals surface area contributed by atoms with Gasteiger partial charge in [-0.25, -0.2) is 4.39 Å². The Hall–Kier alpha value is -2.15. The van der Waals surface area contributed by atoms with Crippen LogP contribution in [0.1, 0.15) is 25.7 Å². The van der Waals surface area contributed by atoms with Crippen LogP contribution < -0.4 is 4.74 Å². The first-order valence-corrected chi connectivity index (χ1v) is 9.79. The average Bonchev–Trinajstić information content (AvgIpc) is 2.70. The van der Waals surface area contributed by atoms with Gasteiger partial charge < -0.3 is 14.5 Å². The van der Waals surface area contributed by atoms with Crippen LogP contribution in [-0.2, 0) is 9.59 Å². The molecular formula is C20H28FN3O3. The number of ether oxygens (including phenoxy) is 1. The van der Waals surface area contributed by atoms with Crippen molar-refractivity contribution < 1.29 is 18.7 Å². The minimum absolute atomic E-state index is 0.00773. The molecule has 0 N–H and O–H groups in total. The summed E-state index contributed by atoms with van der Waals surface area (Å²) in [6.45, 7) is 5.00. The Labute approximate surface area is 159 Å². The molecule has 3 rings (SSSR count). The summed E-state index contributed by atoms with van der Waals surface area (Å²) < 4.78 is 18.8. The van der Waals surface area contributed by atoms with Crippen molar-refractivity contribution in [2.75, 3.05) is 52.4 Å². The Bertz CT molecular complexity index is 641. The summed E-state index contributed by atoms with van der Waals surface area (Å²) >= 11 is 0.